The number of amides is 3. The summed E-state index contributed by atoms with van der Waals surface area (Å²) in [6, 6.07) is 3.43. The van der Waals surface area contributed by atoms with E-state index < -0.39 is 5.60 Å². The first-order chi connectivity index (χ1) is 19.5. The maximum Gasteiger partial charge on any atom is 0.335 e. The topological polar surface area (TPSA) is 115 Å². The third-order valence-corrected chi connectivity index (χ3v) is 12.5. The Morgan fingerprint density at radius 1 is 1.05 bits per heavy atom. The highest BCUT2D eigenvalue weighted by atomic mass is 16.4. The Bertz CT molecular complexity index is 1200. The van der Waals surface area contributed by atoms with Crippen LogP contribution in [0.5, 0.6) is 0 Å². The Morgan fingerprint density at radius 3 is 2.63 bits per heavy atom. The van der Waals surface area contributed by atoms with Crippen molar-refractivity contribution in [3.8, 4) is 0 Å². The molecule has 4 saturated carbocycles. The monoisotopic (exact) mass is 568 g/mol. The molecular weight excluding hydrogens is 520 g/mol. The van der Waals surface area contributed by atoms with E-state index >= 15 is 0 Å². The highest BCUT2D eigenvalue weighted by Gasteiger charge is 2.67. The molecule has 1 aromatic rings. The van der Waals surface area contributed by atoms with Crippen LogP contribution in [0.15, 0.2) is 27.6 Å². The van der Waals surface area contributed by atoms with Crippen LogP contribution in [-0.4, -0.2) is 78.3 Å². The molecule has 41 heavy (non-hydrogen) atoms. The number of nitrogens with one attached hydrogen (secondary N) is 2. The predicted molar refractivity (Wildman–Crippen MR) is 155 cm³/mol. The zero-order valence-corrected chi connectivity index (χ0v) is 25.0. The molecule has 0 unspecified atom stereocenters. The lowest BCUT2D eigenvalue weighted by Crippen LogP contribution is -2.62. The molecule has 5 fully saturated rings. The van der Waals surface area contributed by atoms with Gasteiger partial charge >= 0.3 is 11.7 Å². The van der Waals surface area contributed by atoms with Gasteiger partial charge in [-0.1, -0.05) is 13.8 Å². The van der Waals surface area contributed by atoms with Crippen molar-refractivity contribution in [2.24, 2.45) is 28.6 Å². The number of fused-ring (bicyclic) bond motifs is 5. The van der Waals surface area contributed by atoms with Crippen molar-refractivity contribution >= 4 is 11.9 Å². The van der Waals surface area contributed by atoms with Crippen LogP contribution in [0, 0.1) is 28.6 Å². The summed E-state index contributed by atoms with van der Waals surface area (Å²) >= 11 is 0. The highest BCUT2D eigenvalue weighted by molar-refractivity contribution is 5.79. The Morgan fingerprint density at radius 2 is 1.88 bits per heavy atom. The van der Waals surface area contributed by atoms with Gasteiger partial charge in [-0.2, -0.15) is 0 Å². The maximum absolute atomic E-state index is 12.7. The Labute approximate surface area is 243 Å². The summed E-state index contributed by atoms with van der Waals surface area (Å²) in [6.45, 7) is 7.78. The molecule has 1 saturated heterocycles. The van der Waals surface area contributed by atoms with E-state index in [9.17, 15) is 19.5 Å². The average molecular weight is 569 g/mol. The molecule has 3 amide bonds. The number of rotatable bonds is 5. The summed E-state index contributed by atoms with van der Waals surface area (Å²) < 4.78 is 5.23. The Kier molecular flexibility index (Phi) is 7.50. The molecule has 4 aliphatic carbocycles. The maximum atomic E-state index is 12.7. The van der Waals surface area contributed by atoms with Crippen LogP contribution in [0.1, 0.15) is 83.1 Å². The van der Waals surface area contributed by atoms with Crippen molar-refractivity contribution in [2.45, 2.75) is 89.2 Å². The van der Waals surface area contributed by atoms with Gasteiger partial charge in [0, 0.05) is 43.7 Å². The number of likely N-dealkylation sites (N-methyl/N-ethyl adjacent to an activating group) is 1. The highest BCUT2D eigenvalue weighted by Crippen LogP contribution is 2.70. The minimum atomic E-state index is -0.704. The van der Waals surface area contributed by atoms with Gasteiger partial charge in [-0.25, -0.2) is 9.59 Å². The number of carbonyl (C=O) groups is 2. The summed E-state index contributed by atoms with van der Waals surface area (Å²) in [5, 5.41) is 18.7. The van der Waals surface area contributed by atoms with Crippen LogP contribution in [-0.2, 0) is 4.79 Å². The molecular formula is C32H48N4O5. The molecule has 8 atom stereocenters. The first-order valence-corrected chi connectivity index (χ1v) is 15.9. The van der Waals surface area contributed by atoms with Gasteiger partial charge < -0.3 is 25.1 Å². The molecule has 6 rings (SSSR count). The fourth-order valence-electron chi connectivity index (χ4n) is 10.1. The third-order valence-electron chi connectivity index (χ3n) is 12.5. The molecule has 2 heterocycles. The molecule has 9 heteroatoms. The lowest BCUT2D eigenvalue weighted by atomic mass is 9.43. The molecule has 1 aromatic heterocycles. The van der Waals surface area contributed by atoms with E-state index in [0.29, 0.717) is 38.0 Å². The zero-order chi connectivity index (χ0) is 29.0. The first kappa shape index (κ1) is 28.7. The number of hydrogen-bond acceptors (Lipinski definition) is 6. The standard InChI is InChI=1S/C32H48N4O5/c1-30-11-8-23(34-29(39)33-14-15-36-17-16-35(3)19-27(36)37)18-22(30)5-6-26-25(30)9-12-31(2)24(10-13-32(26,31)40)21-4-7-28(38)41-20-21/h4,7,20,22-26,40H,5-6,8-19H2,1-3H3,(H2,33,34,39)/t22-,23+,24-,25+,26-,30+,31-,32+/m1/s1. The lowest BCUT2D eigenvalue weighted by Gasteiger charge is -2.63. The van der Waals surface area contributed by atoms with Gasteiger partial charge in [0.1, 0.15) is 0 Å². The summed E-state index contributed by atoms with van der Waals surface area (Å²) in [7, 11) is 1.95. The van der Waals surface area contributed by atoms with E-state index in [4.69, 9.17) is 4.42 Å². The van der Waals surface area contributed by atoms with Gasteiger partial charge in [0.15, 0.2) is 0 Å². The second-order valence-corrected chi connectivity index (χ2v) is 14.3. The van der Waals surface area contributed by atoms with Crippen LogP contribution in [0.4, 0.5) is 4.79 Å². The molecule has 3 N–H and O–H groups in total. The van der Waals surface area contributed by atoms with Crippen molar-refractivity contribution in [3.63, 3.8) is 0 Å². The Hall–Kier alpha value is -2.39. The van der Waals surface area contributed by atoms with Gasteiger partial charge in [0.2, 0.25) is 5.91 Å². The summed E-state index contributed by atoms with van der Waals surface area (Å²) in [6.07, 6.45) is 10.6. The fraction of sp³-hybridized carbons (Fsp3) is 0.781. The second kappa shape index (κ2) is 10.7. The lowest BCUT2D eigenvalue weighted by molar-refractivity contribution is -0.201. The van der Waals surface area contributed by atoms with Gasteiger partial charge in [-0.3, -0.25) is 9.69 Å². The largest absolute Gasteiger partial charge is 0.431 e. The number of piperazine rings is 1. The normalized spacial score (nSPS) is 40.8. The minimum Gasteiger partial charge on any atom is -0.431 e. The zero-order valence-electron chi connectivity index (χ0n) is 25.0. The summed E-state index contributed by atoms with van der Waals surface area (Å²) in [5.41, 5.74) is -0.0323. The van der Waals surface area contributed by atoms with Crippen molar-refractivity contribution in [1.29, 1.82) is 0 Å². The van der Waals surface area contributed by atoms with E-state index in [1.807, 2.05) is 22.9 Å². The van der Waals surface area contributed by atoms with Crippen molar-refractivity contribution in [2.75, 3.05) is 39.8 Å². The Balaban J connectivity index is 1.05. The number of aliphatic hydroxyl groups is 1. The van der Waals surface area contributed by atoms with Gasteiger partial charge in [-0.15, -0.1) is 0 Å². The van der Waals surface area contributed by atoms with Crippen molar-refractivity contribution in [1.82, 2.24) is 20.4 Å². The van der Waals surface area contributed by atoms with E-state index in [1.165, 1.54) is 6.07 Å². The first-order valence-electron chi connectivity index (χ1n) is 15.9. The smallest absolute Gasteiger partial charge is 0.335 e. The molecule has 1 aliphatic heterocycles. The summed E-state index contributed by atoms with van der Waals surface area (Å²) in [4.78, 5) is 40.3. The molecule has 0 radical (unpaired) electrons. The van der Waals surface area contributed by atoms with Crippen LogP contribution in [0.25, 0.3) is 0 Å². The molecule has 9 nitrogen and oxygen atoms in total. The van der Waals surface area contributed by atoms with Crippen molar-refractivity contribution < 1.29 is 19.1 Å². The van der Waals surface area contributed by atoms with E-state index in [2.05, 4.69) is 24.5 Å². The number of hydrogen-bond donors (Lipinski definition) is 3. The van der Waals surface area contributed by atoms with E-state index in [0.717, 1.165) is 69.9 Å². The molecule has 5 aliphatic rings. The van der Waals surface area contributed by atoms with Crippen LogP contribution < -0.4 is 16.3 Å². The number of carbonyl (C=O) groups excluding carboxylic acids is 2. The van der Waals surface area contributed by atoms with Crippen LogP contribution >= 0.6 is 0 Å². The quantitative estimate of drug-likeness (QED) is 0.502. The van der Waals surface area contributed by atoms with E-state index in [-0.39, 0.29) is 46.3 Å². The van der Waals surface area contributed by atoms with Crippen LogP contribution in [0.2, 0.25) is 0 Å². The van der Waals surface area contributed by atoms with E-state index in [1.54, 1.807) is 6.26 Å². The molecule has 226 valence electrons. The van der Waals surface area contributed by atoms with Crippen LogP contribution in [0.3, 0.4) is 0 Å². The molecule has 0 bridgehead atoms. The SMILES string of the molecule is CN1CCN(CCNC(=O)N[C@H]2CC[C@@]3(C)[C@H](CC[C@@H]4[C@@H]3CC[C@]3(C)[C@@H](c5ccc(=O)oc5)CC[C@]43O)C2)C(=O)C1. The number of urea groups is 1. The number of nitrogens with zero attached hydrogens (tertiary/aromatic N) is 2. The van der Waals surface area contributed by atoms with Crippen molar-refractivity contribution in [3.05, 3.63) is 34.4 Å². The van der Waals surface area contributed by atoms with Gasteiger partial charge in [0.25, 0.3) is 0 Å². The third kappa shape index (κ3) is 4.90. The summed E-state index contributed by atoms with van der Waals surface area (Å²) in [5.74, 6) is 1.64. The molecule has 0 aromatic carbocycles. The minimum absolute atomic E-state index is 0.123. The average Bonchev–Trinajstić information content (AvgIpc) is 3.21. The second-order valence-electron chi connectivity index (χ2n) is 14.3. The predicted octanol–water partition coefficient (Wildman–Crippen LogP) is 3.32. The van der Waals surface area contributed by atoms with Gasteiger partial charge in [0.05, 0.1) is 18.4 Å². The fourth-order valence-corrected chi connectivity index (χ4v) is 10.1. The molecule has 0 spiro atoms. The van der Waals surface area contributed by atoms with Gasteiger partial charge in [-0.05, 0) is 106 Å².